The first-order chi connectivity index (χ1) is 13.1. The van der Waals surface area contributed by atoms with E-state index in [1.54, 1.807) is 18.2 Å². The second-order valence-electron chi connectivity index (χ2n) is 8.23. The van der Waals surface area contributed by atoms with Crippen LogP contribution in [0.2, 0.25) is 0 Å². The van der Waals surface area contributed by atoms with Gasteiger partial charge < -0.3 is 10.6 Å². The number of nitrogens with zero attached hydrogens (tertiary/aromatic N) is 1. The summed E-state index contributed by atoms with van der Waals surface area (Å²) in [7, 11) is 0. The van der Waals surface area contributed by atoms with E-state index in [2.05, 4.69) is 24.5 Å². The van der Waals surface area contributed by atoms with Crippen LogP contribution in [0, 0.1) is 0 Å². The molecule has 1 aliphatic heterocycles. The zero-order valence-electron chi connectivity index (χ0n) is 16.8. The molecule has 2 aromatic carbocycles. The number of anilines is 2. The molecule has 0 aliphatic carbocycles. The molecule has 2 N–H and O–H groups in total. The Labute approximate surface area is 164 Å². The number of hydrogen-bond donors (Lipinski definition) is 2. The molecule has 0 saturated carbocycles. The Balaban J connectivity index is 1.73. The maximum atomic E-state index is 12.6. The zero-order chi connectivity index (χ0) is 20.6. The van der Waals surface area contributed by atoms with E-state index in [9.17, 15) is 14.4 Å². The van der Waals surface area contributed by atoms with Crippen LogP contribution in [0.1, 0.15) is 66.8 Å². The van der Waals surface area contributed by atoms with Crippen LogP contribution in [0.4, 0.5) is 16.2 Å². The number of amides is 4. The summed E-state index contributed by atoms with van der Waals surface area (Å²) < 4.78 is 0. The summed E-state index contributed by atoms with van der Waals surface area (Å²) in [5.74, 6) is -0.239. The second kappa shape index (κ2) is 7.11. The smallest absolute Gasteiger partial charge is 0.308 e. The van der Waals surface area contributed by atoms with Crippen molar-refractivity contribution < 1.29 is 14.4 Å². The van der Waals surface area contributed by atoms with Gasteiger partial charge in [-0.3, -0.25) is 14.5 Å². The van der Waals surface area contributed by atoms with Crippen molar-refractivity contribution in [2.45, 2.75) is 46.1 Å². The van der Waals surface area contributed by atoms with E-state index in [4.69, 9.17) is 0 Å². The number of hydrogen-bond acceptors (Lipinski definition) is 3. The Morgan fingerprint density at radius 2 is 1.39 bits per heavy atom. The molecular weight excluding hydrogens is 354 g/mol. The van der Waals surface area contributed by atoms with Crippen LogP contribution in [0.25, 0.3) is 0 Å². The molecule has 0 aromatic heterocycles. The minimum Gasteiger partial charge on any atom is -0.308 e. The summed E-state index contributed by atoms with van der Waals surface area (Å²) in [5, 5.41) is 5.48. The molecule has 0 bridgehead atoms. The largest absolute Gasteiger partial charge is 0.323 e. The predicted octanol–water partition coefficient (Wildman–Crippen LogP) is 4.85. The minimum atomic E-state index is -0.611. The van der Waals surface area contributed by atoms with Crippen LogP contribution >= 0.6 is 0 Å². The molecule has 0 saturated heterocycles. The molecule has 2 aromatic rings. The number of carbonyl (C=O) groups excluding carboxylic acids is 3. The highest BCUT2D eigenvalue weighted by molar-refractivity contribution is 6.22. The molecule has 0 atom stereocenters. The third-order valence-electron chi connectivity index (χ3n) is 4.65. The van der Waals surface area contributed by atoms with Gasteiger partial charge in [-0.2, -0.15) is 0 Å². The third-order valence-corrected chi connectivity index (χ3v) is 4.65. The van der Waals surface area contributed by atoms with Crippen molar-refractivity contribution in [3.05, 3.63) is 59.2 Å². The molecular formula is C22H25N3O3. The molecule has 0 unspecified atom stereocenters. The topological polar surface area (TPSA) is 78.5 Å². The van der Waals surface area contributed by atoms with E-state index in [-0.39, 0.29) is 11.8 Å². The fourth-order valence-electron chi connectivity index (χ4n) is 3.17. The highest BCUT2D eigenvalue weighted by atomic mass is 16.2. The lowest BCUT2D eigenvalue weighted by Crippen LogP contribution is -2.45. The van der Waals surface area contributed by atoms with Gasteiger partial charge in [0.15, 0.2) is 0 Å². The van der Waals surface area contributed by atoms with E-state index in [1.807, 2.05) is 45.0 Å². The molecule has 6 heteroatoms. The summed E-state index contributed by atoms with van der Waals surface area (Å²) in [5.41, 5.74) is 2.37. The Hall–Kier alpha value is -3.15. The van der Waals surface area contributed by atoms with Crippen molar-refractivity contribution in [2.24, 2.45) is 0 Å². The summed E-state index contributed by atoms with van der Waals surface area (Å²) in [6, 6.07) is 12.0. The molecule has 1 aliphatic rings. The summed E-state index contributed by atoms with van der Waals surface area (Å²) >= 11 is 0. The fraction of sp³-hybridized carbons (Fsp3) is 0.318. The van der Waals surface area contributed by atoms with Gasteiger partial charge in [-0.05, 0) is 62.6 Å². The normalized spacial score (nSPS) is 13.7. The van der Waals surface area contributed by atoms with Gasteiger partial charge in [0.2, 0.25) is 0 Å². The Morgan fingerprint density at radius 1 is 0.857 bits per heavy atom. The second-order valence-corrected chi connectivity index (χ2v) is 8.23. The maximum absolute atomic E-state index is 12.6. The molecule has 146 valence electrons. The Bertz CT molecular complexity index is 940. The van der Waals surface area contributed by atoms with Crippen LogP contribution in [0.5, 0.6) is 0 Å². The number of carbonyl (C=O) groups is 3. The average molecular weight is 379 g/mol. The molecule has 4 amide bonds. The lowest BCUT2D eigenvalue weighted by Gasteiger charge is -2.29. The SMILES string of the molecule is CC(C)c1ccc(NC(=O)Nc2ccc3c(c2)C(=O)N(C(C)(C)C)C3=O)cc1. The number of benzene rings is 2. The highest BCUT2D eigenvalue weighted by Gasteiger charge is 2.41. The first-order valence-electron chi connectivity index (χ1n) is 9.29. The van der Waals surface area contributed by atoms with Gasteiger partial charge in [-0.25, -0.2) is 4.79 Å². The molecule has 0 radical (unpaired) electrons. The van der Waals surface area contributed by atoms with Crippen molar-refractivity contribution in [3.63, 3.8) is 0 Å². The van der Waals surface area contributed by atoms with E-state index >= 15 is 0 Å². The number of rotatable bonds is 3. The van der Waals surface area contributed by atoms with Gasteiger partial charge in [0, 0.05) is 16.9 Å². The quantitative estimate of drug-likeness (QED) is 0.749. The average Bonchev–Trinajstić information content (AvgIpc) is 2.85. The first kappa shape index (κ1) is 19.6. The zero-order valence-corrected chi connectivity index (χ0v) is 16.8. The molecule has 6 nitrogen and oxygen atoms in total. The fourth-order valence-corrected chi connectivity index (χ4v) is 3.17. The van der Waals surface area contributed by atoms with Crippen LogP contribution in [-0.2, 0) is 0 Å². The van der Waals surface area contributed by atoms with E-state index < -0.39 is 11.6 Å². The Kier molecular flexibility index (Phi) is 4.98. The van der Waals surface area contributed by atoms with Crippen molar-refractivity contribution in [1.82, 2.24) is 4.90 Å². The van der Waals surface area contributed by atoms with Crippen LogP contribution in [0.3, 0.4) is 0 Å². The van der Waals surface area contributed by atoms with Crippen LogP contribution in [-0.4, -0.2) is 28.3 Å². The minimum absolute atomic E-state index is 0.305. The van der Waals surface area contributed by atoms with Gasteiger partial charge in [0.1, 0.15) is 0 Å². The van der Waals surface area contributed by atoms with Gasteiger partial charge in [-0.1, -0.05) is 26.0 Å². The lowest BCUT2D eigenvalue weighted by atomic mass is 10.0. The van der Waals surface area contributed by atoms with Crippen molar-refractivity contribution in [3.8, 4) is 0 Å². The standard InChI is InChI=1S/C22H25N3O3/c1-13(2)14-6-8-15(9-7-14)23-21(28)24-16-10-11-17-18(12-16)20(27)25(19(17)26)22(3,4)5/h6-13H,1-5H3,(H2,23,24,28). The number of fused-ring (bicyclic) bond motifs is 1. The monoisotopic (exact) mass is 379 g/mol. The van der Waals surface area contributed by atoms with Crippen molar-refractivity contribution >= 4 is 29.2 Å². The van der Waals surface area contributed by atoms with Crippen molar-refractivity contribution in [1.29, 1.82) is 0 Å². The molecule has 28 heavy (non-hydrogen) atoms. The van der Waals surface area contributed by atoms with Gasteiger partial charge in [0.25, 0.3) is 11.8 Å². The van der Waals surface area contributed by atoms with Crippen LogP contribution in [0.15, 0.2) is 42.5 Å². The van der Waals surface area contributed by atoms with E-state index in [1.165, 1.54) is 10.5 Å². The maximum Gasteiger partial charge on any atom is 0.323 e. The predicted molar refractivity (Wildman–Crippen MR) is 110 cm³/mol. The summed E-state index contributed by atoms with van der Waals surface area (Å²) in [6.45, 7) is 9.65. The van der Waals surface area contributed by atoms with Crippen LogP contribution < -0.4 is 10.6 Å². The number of urea groups is 1. The van der Waals surface area contributed by atoms with E-state index in [0.29, 0.717) is 28.4 Å². The molecule has 1 heterocycles. The summed E-state index contributed by atoms with van der Waals surface area (Å²) in [6.07, 6.45) is 0. The van der Waals surface area contributed by atoms with Gasteiger partial charge >= 0.3 is 6.03 Å². The molecule has 0 spiro atoms. The molecule has 3 rings (SSSR count). The molecule has 0 fully saturated rings. The van der Waals surface area contributed by atoms with Gasteiger partial charge in [-0.15, -0.1) is 0 Å². The third kappa shape index (κ3) is 3.76. The lowest BCUT2D eigenvalue weighted by molar-refractivity contribution is 0.0507. The van der Waals surface area contributed by atoms with Gasteiger partial charge in [0.05, 0.1) is 11.1 Å². The Morgan fingerprint density at radius 3 is 1.96 bits per heavy atom. The highest BCUT2D eigenvalue weighted by Crippen LogP contribution is 2.31. The first-order valence-corrected chi connectivity index (χ1v) is 9.29. The van der Waals surface area contributed by atoms with E-state index in [0.717, 1.165) is 0 Å². The number of nitrogens with one attached hydrogen (secondary N) is 2. The summed E-state index contributed by atoms with van der Waals surface area (Å²) in [4.78, 5) is 38.7. The van der Waals surface area contributed by atoms with Crippen molar-refractivity contribution in [2.75, 3.05) is 10.6 Å². The number of imide groups is 1.